The fraction of sp³-hybridized carbons (Fsp3) is 0.0588. The van der Waals surface area contributed by atoms with Gasteiger partial charge in [0.25, 0.3) is 5.91 Å². The molecule has 0 aliphatic heterocycles. The normalized spacial score (nSPS) is 11.4. The van der Waals surface area contributed by atoms with E-state index in [9.17, 15) is 18.0 Å². The Bertz CT molecular complexity index is 907. The molecular weight excluding hydrogens is 355 g/mol. The van der Waals surface area contributed by atoms with Gasteiger partial charge < -0.3 is 5.32 Å². The molecule has 0 fully saturated rings. The number of carbonyl (C=O) groups is 1. The molecule has 128 valence electrons. The van der Waals surface area contributed by atoms with E-state index in [1.807, 2.05) is 5.10 Å². The molecule has 1 amide bonds. The number of alkyl halides is 3. The number of rotatable bonds is 3. The zero-order valence-electron chi connectivity index (χ0n) is 12.6. The van der Waals surface area contributed by atoms with Crippen molar-refractivity contribution < 1.29 is 18.0 Å². The molecule has 3 rings (SSSR count). The summed E-state index contributed by atoms with van der Waals surface area (Å²) in [5.74, 6) is -0.816. The molecule has 0 saturated heterocycles. The fourth-order valence-electron chi connectivity index (χ4n) is 2.33. The van der Waals surface area contributed by atoms with Gasteiger partial charge in [-0.05, 0) is 23.8 Å². The summed E-state index contributed by atoms with van der Waals surface area (Å²) in [4.78, 5) is 12.3. The van der Waals surface area contributed by atoms with E-state index in [-0.39, 0.29) is 22.5 Å². The second-order valence-electron chi connectivity index (χ2n) is 5.15. The fourth-order valence-corrected chi connectivity index (χ4v) is 2.52. The van der Waals surface area contributed by atoms with Crippen LogP contribution in [0.1, 0.15) is 16.1 Å². The Labute approximate surface area is 145 Å². The Balaban J connectivity index is 2.02. The van der Waals surface area contributed by atoms with Gasteiger partial charge in [0.2, 0.25) is 0 Å². The summed E-state index contributed by atoms with van der Waals surface area (Å²) in [5.41, 5.74) is -0.753. The van der Waals surface area contributed by atoms with E-state index in [0.717, 1.165) is 0 Å². The van der Waals surface area contributed by atoms with Gasteiger partial charge in [0.05, 0.1) is 5.56 Å². The van der Waals surface area contributed by atoms with Gasteiger partial charge in [-0.2, -0.15) is 18.3 Å². The van der Waals surface area contributed by atoms with E-state index in [0.29, 0.717) is 5.02 Å². The predicted octanol–water partition coefficient (Wildman–Crippen LogP) is 5.00. The van der Waals surface area contributed by atoms with E-state index in [1.165, 1.54) is 24.3 Å². The maximum atomic E-state index is 13.3. The monoisotopic (exact) mass is 365 g/mol. The van der Waals surface area contributed by atoms with Crippen LogP contribution in [-0.4, -0.2) is 16.1 Å². The number of aromatic nitrogens is 2. The van der Waals surface area contributed by atoms with Crippen molar-refractivity contribution in [2.45, 2.75) is 6.18 Å². The molecule has 2 aromatic carbocycles. The number of H-pyrrole nitrogens is 1. The first-order valence-electron chi connectivity index (χ1n) is 7.14. The van der Waals surface area contributed by atoms with Gasteiger partial charge in [-0.25, -0.2) is 0 Å². The molecule has 0 aliphatic rings. The van der Waals surface area contributed by atoms with Gasteiger partial charge in [0.1, 0.15) is 5.69 Å². The highest BCUT2D eigenvalue weighted by Gasteiger charge is 2.38. The van der Waals surface area contributed by atoms with E-state index in [4.69, 9.17) is 11.6 Å². The Morgan fingerprint density at radius 1 is 1.08 bits per heavy atom. The van der Waals surface area contributed by atoms with E-state index < -0.39 is 17.8 Å². The zero-order chi connectivity index (χ0) is 18.0. The highest BCUT2D eigenvalue weighted by molar-refractivity contribution is 6.31. The maximum Gasteiger partial charge on any atom is 0.433 e. The number of nitrogens with zero attached hydrogens (tertiary/aromatic N) is 1. The molecule has 0 atom stereocenters. The number of carbonyl (C=O) groups excluding carboxylic acids is 1. The first-order valence-corrected chi connectivity index (χ1v) is 7.52. The van der Waals surface area contributed by atoms with Crippen LogP contribution in [0.3, 0.4) is 0 Å². The predicted molar refractivity (Wildman–Crippen MR) is 88.4 cm³/mol. The van der Waals surface area contributed by atoms with Crippen LogP contribution in [0.4, 0.5) is 19.0 Å². The zero-order valence-corrected chi connectivity index (χ0v) is 13.3. The molecule has 2 N–H and O–H groups in total. The van der Waals surface area contributed by atoms with Crippen molar-refractivity contribution in [3.05, 3.63) is 70.9 Å². The summed E-state index contributed by atoms with van der Waals surface area (Å²) >= 11 is 5.83. The van der Waals surface area contributed by atoms with Crippen molar-refractivity contribution in [3.8, 4) is 11.1 Å². The van der Waals surface area contributed by atoms with Gasteiger partial charge in [0, 0.05) is 10.6 Å². The van der Waals surface area contributed by atoms with Crippen LogP contribution in [-0.2, 0) is 6.18 Å². The first kappa shape index (κ1) is 17.0. The average Bonchev–Trinajstić information content (AvgIpc) is 2.99. The van der Waals surface area contributed by atoms with Gasteiger partial charge in [-0.3, -0.25) is 9.89 Å². The van der Waals surface area contributed by atoms with Crippen LogP contribution < -0.4 is 5.32 Å². The van der Waals surface area contributed by atoms with Crippen LogP contribution in [0.25, 0.3) is 11.1 Å². The Morgan fingerprint density at radius 3 is 2.44 bits per heavy atom. The summed E-state index contributed by atoms with van der Waals surface area (Å²) in [6.07, 6.45) is -4.64. The summed E-state index contributed by atoms with van der Waals surface area (Å²) in [5, 5.41) is 8.35. The highest BCUT2D eigenvalue weighted by atomic mass is 35.5. The van der Waals surface area contributed by atoms with Gasteiger partial charge >= 0.3 is 6.18 Å². The number of halogens is 4. The average molecular weight is 366 g/mol. The van der Waals surface area contributed by atoms with Crippen molar-refractivity contribution >= 4 is 23.3 Å². The first-order chi connectivity index (χ1) is 11.9. The van der Waals surface area contributed by atoms with Crippen LogP contribution in [0.15, 0.2) is 54.6 Å². The summed E-state index contributed by atoms with van der Waals surface area (Å²) < 4.78 is 39.8. The number of aromatic amines is 1. The smallest absolute Gasteiger partial charge is 0.305 e. The molecule has 0 bridgehead atoms. The quantitative estimate of drug-likeness (QED) is 0.686. The van der Waals surface area contributed by atoms with Crippen molar-refractivity contribution in [2.75, 3.05) is 5.32 Å². The molecule has 8 heteroatoms. The third kappa shape index (κ3) is 3.66. The molecule has 25 heavy (non-hydrogen) atoms. The molecule has 4 nitrogen and oxygen atoms in total. The van der Waals surface area contributed by atoms with Crippen molar-refractivity contribution in [2.24, 2.45) is 0 Å². The number of hydrogen-bond donors (Lipinski definition) is 2. The molecule has 0 spiro atoms. The lowest BCUT2D eigenvalue weighted by atomic mass is 10.0. The van der Waals surface area contributed by atoms with Crippen molar-refractivity contribution in [3.63, 3.8) is 0 Å². The summed E-state index contributed by atoms with van der Waals surface area (Å²) in [6.45, 7) is 0. The van der Waals surface area contributed by atoms with E-state index in [2.05, 4.69) is 10.4 Å². The molecular formula is C17H11ClF3N3O. The molecule has 0 radical (unpaired) electrons. The largest absolute Gasteiger partial charge is 0.433 e. The minimum absolute atomic E-state index is 0.205. The lowest BCUT2D eigenvalue weighted by molar-refractivity contribution is -0.140. The topological polar surface area (TPSA) is 57.8 Å². The van der Waals surface area contributed by atoms with E-state index >= 15 is 0 Å². The number of amides is 1. The third-order valence-electron chi connectivity index (χ3n) is 3.43. The second-order valence-corrected chi connectivity index (χ2v) is 5.59. The van der Waals surface area contributed by atoms with Crippen LogP contribution in [0.5, 0.6) is 0 Å². The van der Waals surface area contributed by atoms with Gasteiger partial charge in [0.15, 0.2) is 5.82 Å². The molecule has 1 heterocycles. The minimum Gasteiger partial charge on any atom is -0.305 e. The van der Waals surface area contributed by atoms with Crippen LogP contribution in [0, 0.1) is 0 Å². The molecule has 0 aliphatic carbocycles. The third-order valence-corrected chi connectivity index (χ3v) is 3.67. The van der Waals surface area contributed by atoms with E-state index in [1.54, 1.807) is 30.3 Å². The number of hydrogen-bond acceptors (Lipinski definition) is 2. The second kappa shape index (κ2) is 6.60. The number of nitrogens with one attached hydrogen (secondary N) is 2. The van der Waals surface area contributed by atoms with Crippen LogP contribution >= 0.6 is 11.6 Å². The highest BCUT2D eigenvalue weighted by Crippen LogP contribution is 2.39. The standard InChI is InChI=1S/C17H11ClF3N3O/c18-12-8-4-7-11(9-12)16(25)22-15-13(10-5-2-1-3-6-10)14(23-24-15)17(19,20)21/h1-9H,(H2,22,23,24,25). The lowest BCUT2D eigenvalue weighted by Gasteiger charge is -2.10. The summed E-state index contributed by atoms with van der Waals surface area (Å²) in [7, 11) is 0. The van der Waals surface area contributed by atoms with Crippen molar-refractivity contribution in [1.82, 2.24) is 10.2 Å². The Hall–Kier alpha value is -2.80. The molecule has 1 aromatic heterocycles. The Morgan fingerprint density at radius 2 is 1.80 bits per heavy atom. The minimum atomic E-state index is -4.64. The SMILES string of the molecule is O=C(Nc1n[nH]c(C(F)(F)F)c1-c1ccccc1)c1cccc(Cl)c1. The van der Waals surface area contributed by atoms with Gasteiger partial charge in [-0.15, -0.1) is 0 Å². The molecule has 0 saturated carbocycles. The Kier molecular flexibility index (Phi) is 4.50. The molecule has 0 unspecified atom stereocenters. The number of anilines is 1. The summed E-state index contributed by atoms with van der Waals surface area (Å²) in [6, 6.07) is 14.0. The number of benzene rings is 2. The maximum absolute atomic E-state index is 13.3. The molecule has 3 aromatic rings. The van der Waals surface area contributed by atoms with Crippen molar-refractivity contribution in [1.29, 1.82) is 0 Å². The van der Waals surface area contributed by atoms with Crippen LogP contribution in [0.2, 0.25) is 5.02 Å². The lowest BCUT2D eigenvalue weighted by Crippen LogP contribution is -2.13. The van der Waals surface area contributed by atoms with Gasteiger partial charge in [-0.1, -0.05) is 48.0 Å².